The van der Waals surface area contributed by atoms with Gasteiger partial charge in [-0.1, -0.05) is 0 Å². The van der Waals surface area contributed by atoms with Crippen LogP contribution in [0.4, 0.5) is 0 Å². The molecule has 4 nitrogen and oxygen atoms in total. The van der Waals surface area contributed by atoms with Crippen molar-refractivity contribution in [3.05, 3.63) is 17.0 Å². The van der Waals surface area contributed by atoms with Gasteiger partial charge in [0.15, 0.2) is 0 Å². The maximum Gasteiger partial charge on any atom is 0.0683 e. The van der Waals surface area contributed by atoms with Crippen LogP contribution in [0.1, 0.15) is 17.0 Å². The fraction of sp³-hybridized carbons (Fsp3) is 0.700. The van der Waals surface area contributed by atoms with Gasteiger partial charge < -0.3 is 10.5 Å². The number of rotatable bonds is 2. The van der Waals surface area contributed by atoms with Gasteiger partial charge >= 0.3 is 0 Å². The average Bonchev–Trinajstić information content (AvgIpc) is 2.39. The second-order valence-electron chi connectivity index (χ2n) is 3.65. The molecule has 2 N–H and O–H groups in total. The van der Waals surface area contributed by atoms with Crippen molar-refractivity contribution in [1.82, 2.24) is 9.78 Å². The van der Waals surface area contributed by atoms with E-state index in [1.807, 2.05) is 11.7 Å². The fourth-order valence-electron chi connectivity index (χ4n) is 2.05. The minimum absolute atomic E-state index is 0.687. The molecule has 0 spiro atoms. The van der Waals surface area contributed by atoms with Crippen LogP contribution in [0.3, 0.4) is 0 Å². The van der Waals surface area contributed by atoms with Gasteiger partial charge in [0.05, 0.1) is 18.9 Å². The van der Waals surface area contributed by atoms with Gasteiger partial charge in [-0.3, -0.25) is 4.68 Å². The van der Waals surface area contributed by atoms with E-state index in [0.717, 1.165) is 32.5 Å². The van der Waals surface area contributed by atoms with Gasteiger partial charge in [0.25, 0.3) is 0 Å². The number of hydrogen-bond acceptors (Lipinski definition) is 3. The molecule has 0 fully saturated rings. The van der Waals surface area contributed by atoms with Crippen molar-refractivity contribution in [2.24, 2.45) is 12.8 Å². The van der Waals surface area contributed by atoms with E-state index in [2.05, 4.69) is 5.10 Å². The molecule has 2 heterocycles. The number of ether oxygens (including phenoxy) is 1. The molecule has 0 amide bonds. The molecule has 78 valence electrons. The maximum absolute atomic E-state index is 5.59. The van der Waals surface area contributed by atoms with E-state index >= 15 is 0 Å². The molecule has 1 aliphatic rings. The summed E-state index contributed by atoms with van der Waals surface area (Å²) in [6.45, 7) is 2.30. The highest BCUT2D eigenvalue weighted by molar-refractivity contribution is 5.28. The van der Waals surface area contributed by atoms with Crippen molar-refractivity contribution >= 4 is 0 Å². The summed E-state index contributed by atoms with van der Waals surface area (Å²) >= 11 is 0. The van der Waals surface area contributed by atoms with Crippen molar-refractivity contribution in [3.8, 4) is 0 Å². The molecule has 14 heavy (non-hydrogen) atoms. The van der Waals surface area contributed by atoms with Gasteiger partial charge in [-0.25, -0.2) is 0 Å². The van der Waals surface area contributed by atoms with Crippen LogP contribution in [-0.4, -0.2) is 29.5 Å². The minimum atomic E-state index is 0.687. The summed E-state index contributed by atoms with van der Waals surface area (Å²) in [5.74, 6) is 0. The summed E-state index contributed by atoms with van der Waals surface area (Å²) in [6.07, 6.45) is 2.84. The number of aryl methyl sites for hydroxylation is 1. The maximum atomic E-state index is 5.59. The summed E-state index contributed by atoms with van der Waals surface area (Å²) in [4.78, 5) is 0. The Labute approximate surface area is 84.0 Å². The van der Waals surface area contributed by atoms with Gasteiger partial charge in [0.2, 0.25) is 0 Å². The lowest BCUT2D eigenvalue weighted by atomic mass is 10.1. The van der Waals surface area contributed by atoms with Crippen LogP contribution in [0.25, 0.3) is 0 Å². The first-order chi connectivity index (χ1) is 6.83. The number of nitrogens with two attached hydrogens (primary N) is 1. The van der Waals surface area contributed by atoms with Crippen LogP contribution < -0.4 is 5.73 Å². The fourth-order valence-corrected chi connectivity index (χ4v) is 2.05. The molecular weight excluding hydrogens is 178 g/mol. The van der Waals surface area contributed by atoms with Crippen molar-refractivity contribution in [1.29, 1.82) is 0 Å². The van der Waals surface area contributed by atoms with E-state index in [1.165, 1.54) is 17.0 Å². The van der Waals surface area contributed by atoms with Crippen molar-refractivity contribution in [2.45, 2.75) is 19.3 Å². The molecular formula is C10H17N3O. The Morgan fingerprint density at radius 2 is 2.21 bits per heavy atom. The largest absolute Gasteiger partial charge is 0.381 e. The predicted octanol–water partition coefficient (Wildman–Crippen LogP) is 0.0365. The Kier molecular flexibility index (Phi) is 2.84. The van der Waals surface area contributed by atoms with Crippen molar-refractivity contribution in [3.63, 3.8) is 0 Å². The third-order valence-electron chi connectivity index (χ3n) is 2.72. The van der Waals surface area contributed by atoms with E-state index in [-0.39, 0.29) is 0 Å². The lowest BCUT2D eigenvalue weighted by Crippen LogP contribution is -2.10. The summed E-state index contributed by atoms with van der Waals surface area (Å²) < 4.78 is 7.40. The molecule has 0 aliphatic carbocycles. The first-order valence-electron chi connectivity index (χ1n) is 5.14. The van der Waals surface area contributed by atoms with Crippen molar-refractivity contribution < 1.29 is 4.74 Å². The molecule has 0 saturated carbocycles. The number of hydrogen-bond donors (Lipinski definition) is 1. The van der Waals surface area contributed by atoms with Crippen LogP contribution >= 0.6 is 0 Å². The number of fused-ring (bicyclic) bond motifs is 1. The second-order valence-corrected chi connectivity index (χ2v) is 3.65. The van der Waals surface area contributed by atoms with Crippen LogP contribution in [0.2, 0.25) is 0 Å². The minimum Gasteiger partial charge on any atom is -0.381 e. The molecule has 1 aromatic rings. The Bertz CT molecular complexity index is 319. The van der Waals surface area contributed by atoms with Gasteiger partial charge in [-0.2, -0.15) is 5.10 Å². The third kappa shape index (κ3) is 1.67. The third-order valence-corrected chi connectivity index (χ3v) is 2.72. The Morgan fingerprint density at radius 1 is 1.43 bits per heavy atom. The molecule has 0 aromatic carbocycles. The Balaban J connectivity index is 2.33. The van der Waals surface area contributed by atoms with Crippen molar-refractivity contribution in [2.75, 3.05) is 19.8 Å². The molecule has 0 unspecified atom stereocenters. The van der Waals surface area contributed by atoms with Crippen LogP contribution in [0.5, 0.6) is 0 Å². The quantitative estimate of drug-likeness (QED) is 0.724. The predicted molar refractivity (Wildman–Crippen MR) is 54.2 cm³/mol. The van der Waals surface area contributed by atoms with Gasteiger partial charge in [-0.05, 0) is 18.5 Å². The number of nitrogens with zero attached hydrogens (tertiary/aromatic N) is 2. The molecule has 4 heteroatoms. The summed E-state index contributed by atoms with van der Waals surface area (Å²) in [5.41, 5.74) is 9.45. The highest BCUT2D eigenvalue weighted by Crippen LogP contribution is 2.18. The zero-order valence-electron chi connectivity index (χ0n) is 8.62. The number of aromatic nitrogens is 2. The zero-order valence-corrected chi connectivity index (χ0v) is 8.62. The Hall–Kier alpha value is -0.870. The Morgan fingerprint density at radius 3 is 3.00 bits per heavy atom. The zero-order chi connectivity index (χ0) is 9.97. The molecule has 0 radical (unpaired) electrons. The normalized spacial score (nSPS) is 16.4. The molecule has 0 saturated heterocycles. The molecule has 0 bridgehead atoms. The van der Waals surface area contributed by atoms with E-state index in [9.17, 15) is 0 Å². The van der Waals surface area contributed by atoms with Crippen LogP contribution in [0, 0.1) is 0 Å². The van der Waals surface area contributed by atoms with Gasteiger partial charge in [-0.15, -0.1) is 0 Å². The highest BCUT2D eigenvalue weighted by atomic mass is 16.5. The van der Waals surface area contributed by atoms with Crippen LogP contribution in [-0.2, 0) is 31.0 Å². The molecule has 1 aliphatic heterocycles. The SMILES string of the molecule is Cn1nc2c(c1CCN)CCOCC2. The van der Waals surface area contributed by atoms with E-state index < -0.39 is 0 Å². The van der Waals surface area contributed by atoms with Gasteiger partial charge in [0, 0.05) is 25.6 Å². The lowest BCUT2D eigenvalue weighted by Gasteiger charge is -2.03. The van der Waals surface area contributed by atoms with E-state index in [1.54, 1.807) is 0 Å². The van der Waals surface area contributed by atoms with E-state index in [0.29, 0.717) is 6.54 Å². The summed E-state index contributed by atoms with van der Waals surface area (Å²) in [5, 5.41) is 4.51. The highest BCUT2D eigenvalue weighted by Gasteiger charge is 2.17. The molecule has 1 aromatic heterocycles. The smallest absolute Gasteiger partial charge is 0.0683 e. The monoisotopic (exact) mass is 195 g/mol. The average molecular weight is 195 g/mol. The first kappa shape index (κ1) is 9.68. The summed E-state index contributed by atoms with van der Waals surface area (Å²) in [7, 11) is 2.00. The molecule has 2 rings (SSSR count). The standard InChI is InChI=1S/C10H17N3O/c1-13-10(2-5-11)8-3-6-14-7-4-9(8)12-13/h2-7,11H2,1H3. The topological polar surface area (TPSA) is 53.1 Å². The van der Waals surface area contributed by atoms with E-state index in [4.69, 9.17) is 10.5 Å². The molecule has 0 atom stereocenters. The van der Waals surface area contributed by atoms with Gasteiger partial charge in [0.1, 0.15) is 0 Å². The second kappa shape index (κ2) is 4.11. The first-order valence-corrected chi connectivity index (χ1v) is 5.14. The summed E-state index contributed by atoms with van der Waals surface area (Å²) in [6, 6.07) is 0. The lowest BCUT2D eigenvalue weighted by molar-refractivity contribution is 0.145. The van der Waals surface area contributed by atoms with Crippen LogP contribution in [0.15, 0.2) is 0 Å².